The Balaban J connectivity index is 1.45. The quantitative estimate of drug-likeness (QED) is 0.513. The summed E-state index contributed by atoms with van der Waals surface area (Å²) in [6, 6.07) is 20.7. The number of furan rings is 1. The van der Waals surface area contributed by atoms with Crippen molar-refractivity contribution >= 4 is 39.9 Å². The highest BCUT2D eigenvalue weighted by Crippen LogP contribution is 2.22. The second-order valence-corrected chi connectivity index (χ2v) is 6.29. The molecule has 0 saturated carbocycles. The number of benzene rings is 2. The molecule has 0 radical (unpaired) electrons. The predicted molar refractivity (Wildman–Crippen MR) is 110 cm³/mol. The smallest absolute Gasteiger partial charge is 0.293 e. The maximum Gasteiger partial charge on any atom is 0.293 e. The fraction of sp³-hybridized carbons (Fsp3) is 0. The van der Waals surface area contributed by atoms with Gasteiger partial charge in [-0.3, -0.25) is 15.1 Å². The maximum absolute atomic E-state index is 12.4. The van der Waals surface area contributed by atoms with E-state index in [0.717, 1.165) is 22.2 Å². The van der Waals surface area contributed by atoms with Crippen molar-refractivity contribution in [3.63, 3.8) is 0 Å². The van der Waals surface area contributed by atoms with E-state index in [2.05, 4.69) is 15.6 Å². The number of rotatable bonds is 3. The molecule has 5 nitrogen and oxygen atoms in total. The monoisotopic (exact) mass is 373 g/mol. The van der Waals surface area contributed by atoms with Crippen LogP contribution in [0.1, 0.15) is 10.6 Å². The lowest BCUT2D eigenvalue weighted by atomic mass is 10.1. The summed E-state index contributed by atoms with van der Waals surface area (Å²) in [6.45, 7) is 0. The number of aromatic nitrogens is 1. The Morgan fingerprint density at radius 2 is 1.81 bits per heavy atom. The van der Waals surface area contributed by atoms with E-state index in [1.54, 1.807) is 18.5 Å². The highest BCUT2D eigenvalue weighted by Gasteiger charge is 2.13. The predicted octanol–water partition coefficient (Wildman–Crippen LogP) is 4.62. The van der Waals surface area contributed by atoms with Crippen molar-refractivity contribution in [3.05, 3.63) is 84.9 Å². The van der Waals surface area contributed by atoms with Crippen LogP contribution in [-0.4, -0.2) is 16.0 Å². The number of pyridine rings is 1. The molecule has 2 aromatic heterocycles. The first-order valence-electron chi connectivity index (χ1n) is 8.30. The molecule has 0 fully saturated rings. The van der Waals surface area contributed by atoms with Gasteiger partial charge in [-0.25, -0.2) is 0 Å². The molecule has 0 aliphatic carbocycles. The van der Waals surface area contributed by atoms with Gasteiger partial charge in [-0.2, -0.15) is 0 Å². The number of anilines is 1. The summed E-state index contributed by atoms with van der Waals surface area (Å²) < 4.78 is 5.55. The lowest BCUT2D eigenvalue weighted by Crippen LogP contribution is -2.33. The molecule has 1 amide bonds. The van der Waals surface area contributed by atoms with E-state index in [4.69, 9.17) is 16.6 Å². The molecule has 0 atom stereocenters. The fourth-order valence-corrected chi connectivity index (χ4v) is 2.94. The minimum absolute atomic E-state index is 0.198. The van der Waals surface area contributed by atoms with Gasteiger partial charge in [0, 0.05) is 29.0 Å². The number of hydrogen-bond acceptors (Lipinski definition) is 4. The van der Waals surface area contributed by atoms with E-state index in [9.17, 15) is 4.79 Å². The van der Waals surface area contributed by atoms with Crippen molar-refractivity contribution < 1.29 is 9.21 Å². The van der Waals surface area contributed by atoms with E-state index in [0.29, 0.717) is 5.58 Å². The van der Waals surface area contributed by atoms with Crippen molar-refractivity contribution in [2.75, 3.05) is 5.32 Å². The van der Waals surface area contributed by atoms with Gasteiger partial charge >= 0.3 is 0 Å². The van der Waals surface area contributed by atoms with Crippen molar-refractivity contribution in [3.8, 4) is 11.1 Å². The van der Waals surface area contributed by atoms with Gasteiger partial charge in [-0.15, -0.1) is 0 Å². The van der Waals surface area contributed by atoms with Crippen molar-refractivity contribution in [2.24, 2.45) is 0 Å². The molecule has 0 bridgehead atoms. The molecule has 2 aromatic carbocycles. The number of para-hydroxylation sites is 1. The van der Waals surface area contributed by atoms with Gasteiger partial charge in [-0.05, 0) is 48.1 Å². The molecule has 0 aliphatic heterocycles. The van der Waals surface area contributed by atoms with Gasteiger partial charge < -0.3 is 9.73 Å². The summed E-state index contributed by atoms with van der Waals surface area (Å²) in [5.74, 6) is -0.184. The Morgan fingerprint density at radius 3 is 2.63 bits per heavy atom. The average Bonchev–Trinajstić information content (AvgIpc) is 3.13. The molecular formula is C21H15N3O2S. The molecule has 0 unspecified atom stereocenters. The topological polar surface area (TPSA) is 67.2 Å². The number of hydrogen-bond donors (Lipinski definition) is 2. The van der Waals surface area contributed by atoms with Crippen LogP contribution >= 0.6 is 12.2 Å². The molecule has 132 valence electrons. The lowest BCUT2D eigenvalue weighted by molar-refractivity contribution is 0.0953. The minimum Gasteiger partial charge on any atom is -0.451 e. The molecular weight excluding hydrogens is 358 g/mol. The second-order valence-electron chi connectivity index (χ2n) is 5.88. The molecule has 4 rings (SSSR count). The number of carbonyl (C=O) groups is 1. The Bertz CT molecular complexity index is 1090. The summed E-state index contributed by atoms with van der Waals surface area (Å²) in [5, 5.41) is 6.73. The van der Waals surface area contributed by atoms with Crippen LogP contribution in [0.3, 0.4) is 0 Å². The van der Waals surface area contributed by atoms with E-state index in [-0.39, 0.29) is 10.9 Å². The number of fused-ring (bicyclic) bond motifs is 1. The number of amides is 1. The zero-order valence-corrected chi connectivity index (χ0v) is 15.0. The van der Waals surface area contributed by atoms with Gasteiger partial charge in [0.15, 0.2) is 10.9 Å². The molecule has 2 N–H and O–H groups in total. The van der Waals surface area contributed by atoms with Crippen LogP contribution in [0.5, 0.6) is 0 Å². The third-order valence-corrected chi connectivity index (χ3v) is 4.20. The number of nitrogens with one attached hydrogen (secondary N) is 2. The molecule has 0 spiro atoms. The molecule has 6 heteroatoms. The normalized spacial score (nSPS) is 10.5. The maximum atomic E-state index is 12.4. The van der Waals surface area contributed by atoms with Gasteiger partial charge in [0.1, 0.15) is 5.58 Å². The minimum atomic E-state index is -0.396. The van der Waals surface area contributed by atoms with E-state index >= 15 is 0 Å². The number of thiocarbonyl (C=S) groups is 1. The zero-order chi connectivity index (χ0) is 18.6. The molecule has 2 heterocycles. The van der Waals surface area contributed by atoms with Gasteiger partial charge in [0.25, 0.3) is 5.91 Å². The second kappa shape index (κ2) is 7.39. The lowest BCUT2D eigenvalue weighted by Gasteiger charge is -2.10. The largest absolute Gasteiger partial charge is 0.451 e. The summed E-state index contributed by atoms with van der Waals surface area (Å²) in [6.07, 6.45) is 3.52. The number of carbonyl (C=O) groups excluding carboxylic acids is 1. The third-order valence-electron chi connectivity index (χ3n) is 3.99. The molecule has 4 aromatic rings. The Kier molecular flexibility index (Phi) is 4.63. The molecule has 27 heavy (non-hydrogen) atoms. The highest BCUT2D eigenvalue weighted by atomic mass is 32.1. The van der Waals surface area contributed by atoms with Crippen LogP contribution in [0.2, 0.25) is 0 Å². The van der Waals surface area contributed by atoms with E-state index < -0.39 is 5.91 Å². The summed E-state index contributed by atoms with van der Waals surface area (Å²) in [5.41, 5.74) is 3.43. The van der Waals surface area contributed by atoms with Crippen molar-refractivity contribution in [2.45, 2.75) is 0 Å². The van der Waals surface area contributed by atoms with Crippen LogP contribution in [0.4, 0.5) is 5.69 Å². The van der Waals surface area contributed by atoms with Crippen LogP contribution in [0, 0.1) is 0 Å². The Hall–Kier alpha value is -3.51. The third kappa shape index (κ3) is 3.86. The zero-order valence-electron chi connectivity index (χ0n) is 14.2. The van der Waals surface area contributed by atoms with Gasteiger partial charge in [-0.1, -0.05) is 36.4 Å². The molecule has 0 aliphatic rings. The van der Waals surface area contributed by atoms with Crippen LogP contribution in [0.25, 0.3) is 22.1 Å². The first kappa shape index (κ1) is 16.9. The standard InChI is InChI=1S/C21H15N3O2S/c25-20(19-12-15-5-1-2-9-18(15)26-19)24-21(27)23-17-8-3-6-14(11-17)16-7-4-10-22-13-16/h1-13H,(H2,23,24,25,27). The van der Waals surface area contributed by atoms with E-state index in [1.807, 2.05) is 60.7 Å². The van der Waals surface area contributed by atoms with Crippen LogP contribution in [0.15, 0.2) is 83.5 Å². The summed E-state index contributed by atoms with van der Waals surface area (Å²) in [4.78, 5) is 16.5. The summed E-state index contributed by atoms with van der Waals surface area (Å²) >= 11 is 5.26. The fourth-order valence-electron chi connectivity index (χ4n) is 2.73. The molecule has 0 saturated heterocycles. The van der Waals surface area contributed by atoms with E-state index in [1.165, 1.54) is 0 Å². The van der Waals surface area contributed by atoms with Gasteiger partial charge in [0.05, 0.1) is 0 Å². The van der Waals surface area contributed by atoms with Gasteiger partial charge in [0.2, 0.25) is 0 Å². The Morgan fingerprint density at radius 1 is 0.963 bits per heavy atom. The number of nitrogens with zero attached hydrogens (tertiary/aromatic N) is 1. The summed E-state index contributed by atoms with van der Waals surface area (Å²) in [7, 11) is 0. The van der Waals surface area contributed by atoms with Crippen LogP contribution < -0.4 is 10.6 Å². The first-order valence-corrected chi connectivity index (χ1v) is 8.71. The first-order chi connectivity index (χ1) is 13.2. The van der Waals surface area contributed by atoms with Crippen molar-refractivity contribution in [1.29, 1.82) is 0 Å². The average molecular weight is 373 g/mol. The Labute approximate surface area is 161 Å². The van der Waals surface area contributed by atoms with Crippen molar-refractivity contribution in [1.82, 2.24) is 10.3 Å². The SMILES string of the molecule is O=C(NC(=S)Nc1cccc(-c2cccnc2)c1)c1cc2ccccc2o1. The highest BCUT2D eigenvalue weighted by molar-refractivity contribution is 7.80. The van der Waals surface area contributed by atoms with Crippen LogP contribution in [-0.2, 0) is 0 Å².